The van der Waals surface area contributed by atoms with Crippen LogP contribution in [0.15, 0.2) is 30.5 Å². The number of nitrogens with one attached hydrogen (secondary N) is 1. The largest absolute Gasteiger partial charge is 0.299 e. The minimum atomic E-state index is 1.02. The highest BCUT2D eigenvalue weighted by Crippen LogP contribution is 2.17. The zero-order valence-corrected chi connectivity index (χ0v) is 7.28. The third kappa shape index (κ3) is 0.758. The molecule has 0 saturated carbocycles. The summed E-state index contributed by atoms with van der Waals surface area (Å²) in [4.78, 5) is 4.51. The van der Waals surface area contributed by atoms with Crippen LogP contribution in [0.4, 0.5) is 0 Å². The summed E-state index contributed by atoms with van der Waals surface area (Å²) in [5.74, 6) is 0. The number of aromatic amines is 1. The summed E-state index contributed by atoms with van der Waals surface area (Å²) in [5, 5.41) is 3.16. The second-order valence-electron chi connectivity index (χ2n) is 3.22. The molecule has 2 aromatic heterocycles. The lowest BCUT2D eigenvalue weighted by Crippen LogP contribution is -1.80. The molecule has 3 nitrogen and oxygen atoms in total. The first-order chi connectivity index (χ1) is 6.36. The molecule has 3 heteroatoms. The van der Waals surface area contributed by atoms with Crippen molar-refractivity contribution in [2.24, 2.45) is 0 Å². The molecule has 1 aromatic carbocycles. The lowest BCUT2D eigenvalue weighted by Gasteiger charge is -1.87. The van der Waals surface area contributed by atoms with Crippen LogP contribution in [0, 0.1) is 6.92 Å². The van der Waals surface area contributed by atoms with E-state index in [0.29, 0.717) is 0 Å². The average molecular weight is 171 g/mol. The Hall–Kier alpha value is -1.77. The number of imidazole rings is 1. The number of hydrogen-bond donors (Lipinski definition) is 1. The van der Waals surface area contributed by atoms with Crippen molar-refractivity contribution in [1.29, 1.82) is 0 Å². The molecule has 0 spiro atoms. The van der Waals surface area contributed by atoms with Gasteiger partial charge in [-0.3, -0.25) is 5.10 Å². The summed E-state index contributed by atoms with van der Waals surface area (Å²) < 4.78 is 2.00. The number of aromatic nitrogens is 3. The van der Waals surface area contributed by atoms with Gasteiger partial charge >= 0.3 is 0 Å². The second-order valence-corrected chi connectivity index (χ2v) is 3.22. The minimum absolute atomic E-state index is 1.02. The van der Waals surface area contributed by atoms with Crippen molar-refractivity contribution in [2.75, 3.05) is 0 Å². The molecule has 2 heterocycles. The van der Waals surface area contributed by atoms with Crippen molar-refractivity contribution < 1.29 is 0 Å². The third-order valence-electron chi connectivity index (χ3n) is 2.32. The molecule has 1 N–H and O–H groups in total. The average Bonchev–Trinajstić information content (AvgIpc) is 2.67. The maximum atomic E-state index is 4.51. The van der Waals surface area contributed by atoms with E-state index < -0.39 is 0 Å². The predicted octanol–water partition coefficient (Wildman–Crippen LogP) is 2.12. The molecule has 13 heavy (non-hydrogen) atoms. The standard InChI is InChI=1S/C10H9N3/c1-7-6-11-13-9-5-3-2-4-8(9)12-10(7)13/h2-6,11H,1H3. The van der Waals surface area contributed by atoms with E-state index >= 15 is 0 Å². The summed E-state index contributed by atoms with van der Waals surface area (Å²) in [5.41, 5.74) is 4.36. The number of fused-ring (bicyclic) bond motifs is 3. The Kier molecular flexibility index (Phi) is 1.10. The lowest BCUT2D eigenvalue weighted by atomic mass is 10.3. The maximum absolute atomic E-state index is 4.51. The van der Waals surface area contributed by atoms with Gasteiger partial charge in [-0.2, -0.15) is 0 Å². The van der Waals surface area contributed by atoms with Crippen molar-refractivity contribution in [1.82, 2.24) is 14.6 Å². The molecule has 0 atom stereocenters. The van der Waals surface area contributed by atoms with E-state index in [2.05, 4.69) is 23.1 Å². The smallest absolute Gasteiger partial charge is 0.157 e. The molecule has 0 unspecified atom stereocenters. The Labute approximate surface area is 75.0 Å². The van der Waals surface area contributed by atoms with Crippen LogP contribution in [0.3, 0.4) is 0 Å². The van der Waals surface area contributed by atoms with Gasteiger partial charge in [0.15, 0.2) is 5.65 Å². The normalized spacial score (nSPS) is 11.5. The van der Waals surface area contributed by atoms with E-state index in [1.54, 1.807) is 0 Å². The van der Waals surface area contributed by atoms with Gasteiger partial charge in [0.05, 0.1) is 11.0 Å². The molecule has 0 fully saturated rings. The Bertz CT molecular complexity index is 574. The van der Waals surface area contributed by atoms with Crippen LogP contribution < -0.4 is 0 Å². The van der Waals surface area contributed by atoms with Crippen LogP contribution >= 0.6 is 0 Å². The van der Waals surface area contributed by atoms with Gasteiger partial charge in [0, 0.05) is 11.8 Å². The Morgan fingerprint density at radius 2 is 2.15 bits per heavy atom. The fourth-order valence-electron chi connectivity index (χ4n) is 1.65. The zero-order valence-electron chi connectivity index (χ0n) is 7.28. The Morgan fingerprint density at radius 3 is 3.08 bits per heavy atom. The molecule has 3 aromatic rings. The summed E-state index contributed by atoms with van der Waals surface area (Å²) in [6.07, 6.45) is 1.97. The van der Waals surface area contributed by atoms with E-state index in [9.17, 15) is 0 Å². The molecular weight excluding hydrogens is 162 g/mol. The maximum Gasteiger partial charge on any atom is 0.157 e. The quantitative estimate of drug-likeness (QED) is 0.552. The van der Waals surface area contributed by atoms with Crippen molar-refractivity contribution in [3.05, 3.63) is 36.0 Å². The number of benzene rings is 1. The van der Waals surface area contributed by atoms with E-state index in [1.807, 2.05) is 28.9 Å². The predicted molar refractivity (Wildman–Crippen MR) is 51.8 cm³/mol. The van der Waals surface area contributed by atoms with E-state index in [0.717, 1.165) is 16.7 Å². The van der Waals surface area contributed by atoms with Crippen LogP contribution in [0.25, 0.3) is 16.7 Å². The molecule has 0 saturated heterocycles. The van der Waals surface area contributed by atoms with E-state index in [1.165, 1.54) is 5.56 Å². The van der Waals surface area contributed by atoms with Gasteiger partial charge in [-0.15, -0.1) is 0 Å². The monoisotopic (exact) mass is 171 g/mol. The Morgan fingerprint density at radius 1 is 1.31 bits per heavy atom. The van der Waals surface area contributed by atoms with Gasteiger partial charge in [0.2, 0.25) is 0 Å². The fourth-order valence-corrected chi connectivity index (χ4v) is 1.65. The topological polar surface area (TPSA) is 33.1 Å². The molecular formula is C10H9N3. The molecule has 0 aliphatic carbocycles. The van der Waals surface area contributed by atoms with Crippen LogP contribution in [-0.4, -0.2) is 14.6 Å². The minimum Gasteiger partial charge on any atom is -0.299 e. The first-order valence-electron chi connectivity index (χ1n) is 4.27. The van der Waals surface area contributed by atoms with Crippen LogP contribution in [0.1, 0.15) is 5.56 Å². The molecule has 3 rings (SSSR count). The van der Waals surface area contributed by atoms with E-state index in [4.69, 9.17) is 0 Å². The molecule has 0 amide bonds. The van der Waals surface area contributed by atoms with Crippen LogP contribution in [0.2, 0.25) is 0 Å². The number of rotatable bonds is 0. The van der Waals surface area contributed by atoms with Crippen molar-refractivity contribution in [3.8, 4) is 0 Å². The van der Waals surface area contributed by atoms with Gasteiger partial charge in [-0.05, 0) is 19.1 Å². The van der Waals surface area contributed by atoms with Gasteiger partial charge in [-0.1, -0.05) is 12.1 Å². The van der Waals surface area contributed by atoms with Gasteiger partial charge in [-0.25, -0.2) is 9.50 Å². The second kappa shape index (κ2) is 2.13. The number of H-pyrrole nitrogens is 1. The van der Waals surface area contributed by atoms with Gasteiger partial charge in [0.1, 0.15) is 0 Å². The highest BCUT2D eigenvalue weighted by Gasteiger charge is 2.05. The molecule has 0 aliphatic rings. The molecule has 0 radical (unpaired) electrons. The van der Waals surface area contributed by atoms with Crippen LogP contribution in [-0.2, 0) is 0 Å². The molecule has 0 bridgehead atoms. The fraction of sp³-hybridized carbons (Fsp3) is 0.100. The molecule has 0 aliphatic heterocycles. The van der Waals surface area contributed by atoms with Crippen molar-refractivity contribution in [2.45, 2.75) is 6.92 Å². The highest BCUT2D eigenvalue weighted by molar-refractivity contribution is 5.80. The lowest BCUT2D eigenvalue weighted by molar-refractivity contribution is 1.01. The summed E-state index contributed by atoms with van der Waals surface area (Å²) in [6.45, 7) is 2.05. The van der Waals surface area contributed by atoms with Gasteiger partial charge in [0.25, 0.3) is 0 Å². The number of aryl methyl sites for hydroxylation is 1. The summed E-state index contributed by atoms with van der Waals surface area (Å²) >= 11 is 0. The first kappa shape index (κ1) is 6.71. The first-order valence-corrected chi connectivity index (χ1v) is 4.27. The van der Waals surface area contributed by atoms with E-state index in [-0.39, 0.29) is 0 Å². The SMILES string of the molecule is Cc1c[nH]n2c1nc1ccccc12. The van der Waals surface area contributed by atoms with Crippen molar-refractivity contribution in [3.63, 3.8) is 0 Å². The highest BCUT2D eigenvalue weighted by atomic mass is 15.3. The van der Waals surface area contributed by atoms with Crippen LogP contribution in [0.5, 0.6) is 0 Å². The number of nitrogens with zero attached hydrogens (tertiary/aromatic N) is 2. The number of hydrogen-bond acceptors (Lipinski definition) is 1. The Balaban J connectivity index is 2.64. The number of para-hydroxylation sites is 2. The zero-order chi connectivity index (χ0) is 8.84. The molecule has 64 valence electrons. The summed E-state index contributed by atoms with van der Waals surface area (Å²) in [6, 6.07) is 8.11. The summed E-state index contributed by atoms with van der Waals surface area (Å²) in [7, 11) is 0. The van der Waals surface area contributed by atoms with Gasteiger partial charge < -0.3 is 0 Å². The third-order valence-corrected chi connectivity index (χ3v) is 2.32. The van der Waals surface area contributed by atoms with Crippen molar-refractivity contribution >= 4 is 16.7 Å².